The van der Waals surface area contributed by atoms with Gasteiger partial charge in [-0.1, -0.05) is 28.3 Å². The minimum absolute atomic E-state index is 0.0175. The largest absolute Gasteiger partial charge is 0.407 e. The number of halogens is 3. The summed E-state index contributed by atoms with van der Waals surface area (Å²) in [6.45, 7) is 0. The fourth-order valence-corrected chi connectivity index (χ4v) is 1.64. The lowest BCUT2D eigenvalue weighted by atomic mass is 10.2. The number of rotatable bonds is 1. The summed E-state index contributed by atoms with van der Waals surface area (Å²) in [4.78, 5) is 0. The third-order valence-electron chi connectivity index (χ3n) is 1.51. The van der Waals surface area contributed by atoms with Crippen LogP contribution in [-0.2, 0) is 0 Å². The van der Waals surface area contributed by atoms with E-state index in [1.165, 1.54) is 0 Å². The van der Waals surface area contributed by atoms with Gasteiger partial charge in [0.15, 0.2) is 0 Å². The van der Waals surface area contributed by atoms with Crippen molar-refractivity contribution < 1.29 is 4.42 Å². The van der Waals surface area contributed by atoms with E-state index in [9.17, 15) is 0 Å². The van der Waals surface area contributed by atoms with Crippen LogP contribution in [0.15, 0.2) is 22.6 Å². The molecule has 0 atom stereocenters. The molecule has 0 saturated heterocycles. The molecule has 0 aliphatic heterocycles. The number of benzene rings is 1. The summed E-state index contributed by atoms with van der Waals surface area (Å²) >= 11 is 17.1. The summed E-state index contributed by atoms with van der Waals surface area (Å²) in [5.74, 6) is 0.291. The zero-order valence-electron chi connectivity index (χ0n) is 6.67. The van der Waals surface area contributed by atoms with E-state index in [4.69, 9.17) is 39.2 Å². The van der Waals surface area contributed by atoms with E-state index in [1.807, 2.05) is 0 Å². The van der Waals surface area contributed by atoms with Crippen molar-refractivity contribution in [2.75, 3.05) is 0 Å². The van der Waals surface area contributed by atoms with Gasteiger partial charge < -0.3 is 4.42 Å². The molecule has 0 N–H and O–H groups in total. The van der Waals surface area contributed by atoms with Gasteiger partial charge in [0.1, 0.15) is 0 Å². The Morgan fingerprint density at radius 2 is 1.57 bits per heavy atom. The standard InChI is InChI=1S/C8H3Cl3N2O/c9-5-1-4(2-6(10)3-5)7-12-13-8(11)14-7/h1-3H. The maximum atomic E-state index is 5.80. The molecule has 0 fully saturated rings. The van der Waals surface area contributed by atoms with E-state index in [0.29, 0.717) is 21.5 Å². The molecular formula is C8H3Cl3N2O. The lowest BCUT2D eigenvalue weighted by Gasteiger charge is -1.96. The smallest absolute Gasteiger partial charge is 0.313 e. The van der Waals surface area contributed by atoms with Crippen LogP contribution in [0.4, 0.5) is 0 Å². The van der Waals surface area contributed by atoms with Crippen molar-refractivity contribution in [2.45, 2.75) is 0 Å². The van der Waals surface area contributed by atoms with Crippen LogP contribution in [-0.4, -0.2) is 10.2 Å². The normalized spacial score (nSPS) is 10.5. The maximum absolute atomic E-state index is 5.80. The Morgan fingerprint density at radius 3 is 2.07 bits per heavy atom. The second kappa shape index (κ2) is 3.77. The molecule has 1 heterocycles. The lowest BCUT2D eigenvalue weighted by molar-refractivity contribution is 0.571. The minimum atomic E-state index is -0.0175. The second-order valence-corrected chi connectivity index (χ2v) is 3.71. The molecular weight excluding hydrogens is 246 g/mol. The van der Waals surface area contributed by atoms with Crippen LogP contribution in [0.2, 0.25) is 15.4 Å². The number of hydrogen-bond acceptors (Lipinski definition) is 3. The Labute approximate surface area is 94.6 Å². The maximum Gasteiger partial charge on any atom is 0.313 e. The zero-order chi connectivity index (χ0) is 10.1. The fourth-order valence-electron chi connectivity index (χ4n) is 0.999. The molecule has 0 spiro atoms. The molecule has 0 bridgehead atoms. The van der Waals surface area contributed by atoms with Crippen LogP contribution in [0.25, 0.3) is 11.5 Å². The third-order valence-corrected chi connectivity index (χ3v) is 2.10. The molecule has 2 aromatic rings. The molecule has 0 saturated carbocycles. The highest BCUT2D eigenvalue weighted by atomic mass is 35.5. The van der Waals surface area contributed by atoms with Crippen LogP contribution >= 0.6 is 34.8 Å². The highest BCUT2D eigenvalue weighted by Crippen LogP contribution is 2.26. The van der Waals surface area contributed by atoms with E-state index in [1.54, 1.807) is 18.2 Å². The van der Waals surface area contributed by atoms with E-state index in [2.05, 4.69) is 10.2 Å². The first kappa shape index (κ1) is 9.77. The Bertz CT molecular complexity index is 449. The first-order chi connectivity index (χ1) is 6.65. The molecule has 72 valence electrons. The highest BCUT2D eigenvalue weighted by molar-refractivity contribution is 6.35. The average molecular weight is 249 g/mol. The van der Waals surface area contributed by atoms with Crippen molar-refractivity contribution in [1.82, 2.24) is 10.2 Å². The van der Waals surface area contributed by atoms with Gasteiger partial charge in [-0.3, -0.25) is 0 Å². The topological polar surface area (TPSA) is 38.9 Å². The van der Waals surface area contributed by atoms with Crippen molar-refractivity contribution in [3.63, 3.8) is 0 Å². The summed E-state index contributed by atoms with van der Waals surface area (Å²) in [5, 5.41) is 8.20. The first-order valence-corrected chi connectivity index (χ1v) is 4.74. The van der Waals surface area contributed by atoms with E-state index < -0.39 is 0 Å². The SMILES string of the molecule is Clc1cc(Cl)cc(-c2nnc(Cl)o2)c1. The van der Waals surface area contributed by atoms with Crippen molar-refractivity contribution in [1.29, 1.82) is 0 Å². The van der Waals surface area contributed by atoms with E-state index in [-0.39, 0.29) is 5.35 Å². The molecule has 0 radical (unpaired) electrons. The van der Waals surface area contributed by atoms with Gasteiger partial charge in [0, 0.05) is 15.6 Å². The molecule has 6 heteroatoms. The Balaban J connectivity index is 2.51. The van der Waals surface area contributed by atoms with Gasteiger partial charge in [-0.05, 0) is 29.8 Å². The average Bonchev–Trinajstić information content (AvgIpc) is 2.50. The van der Waals surface area contributed by atoms with Crippen LogP contribution < -0.4 is 0 Å². The van der Waals surface area contributed by atoms with Crippen molar-refractivity contribution in [3.8, 4) is 11.5 Å². The molecule has 1 aromatic heterocycles. The fraction of sp³-hybridized carbons (Fsp3) is 0. The van der Waals surface area contributed by atoms with Gasteiger partial charge in [0.25, 0.3) is 0 Å². The second-order valence-electron chi connectivity index (χ2n) is 2.52. The van der Waals surface area contributed by atoms with Gasteiger partial charge in [0.2, 0.25) is 5.89 Å². The van der Waals surface area contributed by atoms with Crippen LogP contribution in [0.1, 0.15) is 0 Å². The monoisotopic (exact) mass is 248 g/mol. The summed E-state index contributed by atoms with van der Waals surface area (Å²) < 4.78 is 5.01. The predicted molar refractivity (Wildman–Crippen MR) is 54.8 cm³/mol. The lowest BCUT2D eigenvalue weighted by Crippen LogP contribution is -1.78. The van der Waals surface area contributed by atoms with Gasteiger partial charge >= 0.3 is 5.35 Å². The minimum Gasteiger partial charge on any atom is -0.407 e. The van der Waals surface area contributed by atoms with Crippen LogP contribution in [0, 0.1) is 0 Å². The quantitative estimate of drug-likeness (QED) is 0.773. The van der Waals surface area contributed by atoms with Crippen LogP contribution in [0.5, 0.6) is 0 Å². The molecule has 1 aromatic carbocycles. The number of nitrogens with zero attached hydrogens (tertiary/aromatic N) is 2. The summed E-state index contributed by atoms with van der Waals surface area (Å²) in [6, 6.07) is 4.94. The van der Waals surface area contributed by atoms with Crippen molar-refractivity contribution >= 4 is 34.8 Å². The summed E-state index contributed by atoms with van der Waals surface area (Å²) in [6.07, 6.45) is 0. The van der Waals surface area contributed by atoms with Crippen LogP contribution in [0.3, 0.4) is 0 Å². The Hall–Kier alpha value is -0.770. The van der Waals surface area contributed by atoms with Gasteiger partial charge in [-0.2, -0.15) is 0 Å². The first-order valence-electron chi connectivity index (χ1n) is 3.60. The van der Waals surface area contributed by atoms with Crippen molar-refractivity contribution in [3.05, 3.63) is 33.6 Å². The number of aromatic nitrogens is 2. The summed E-state index contributed by atoms with van der Waals surface area (Å²) in [7, 11) is 0. The predicted octanol–water partition coefficient (Wildman–Crippen LogP) is 3.70. The highest BCUT2D eigenvalue weighted by Gasteiger charge is 2.08. The Morgan fingerprint density at radius 1 is 0.929 bits per heavy atom. The van der Waals surface area contributed by atoms with Gasteiger partial charge in [-0.25, -0.2) is 0 Å². The van der Waals surface area contributed by atoms with Gasteiger partial charge in [0.05, 0.1) is 0 Å². The molecule has 0 aliphatic rings. The number of hydrogen-bond donors (Lipinski definition) is 0. The zero-order valence-corrected chi connectivity index (χ0v) is 8.94. The third kappa shape index (κ3) is 2.00. The van der Waals surface area contributed by atoms with Crippen molar-refractivity contribution in [2.24, 2.45) is 0 Å². The molecule has 14 heavy (non-hydrogen) atoms. The summed E-state index contributed by atoms with van der Waals surface area (Å²) in [5.41, 5.74) is 0.641. The molecule has 2 rings (SSSR count). The molecule has 3 nitrogen and oxygen atoms in total. The van der Waals surface area contributed by atoms with Gasteiger partial charge in [-0.15, -0.1) is 5.10 Å². The molecule has 0 amide bonds. The van der Waals surface area contributed by atoms with E-state index in [0.717, 1.165) is 0 Å². The molecule has 0 aliphatic carbocycles. The molecule has 0 unspecified atom stereocenters. The Kier molecular flexibility index (Phi) is 2.63. The van der Waals surface area contributed by atoms with E-state index >= 15 is 0 Å².